The minimum absolute atomic E-state index is 0.00892. The van der Waals surface area contributed by atoms with Crippen molar-refractivity contribution in [3.8, 4) is 22.7 Å². The van der Waals surface area contributed by atoms with E-state index in [1.165, 1.54) is 22.7 Å². The fraction of sp³-hybridized carbons (Fsp3) is 0.150. The van der Waals surface area contributed by atoms with Gasteiger partial charge in [0.1, 0.15) is 11.4 Å². The first-order valence-electron chi connectivity index (χ1n) is 8.70. The van der Waals surface area contributed by atoms with Gasteiger partial charge in [-0.05, 0) is 17.9 Å². The Morgan fingerprint density at radius 2 is 1.96 bits per heavy atom. The minimum atomic E-state index is -0.119. The maximum Gasteiger partial charge on any atom is 0.270 e. The van der Waals surface area contributed by atoms with Gasteiger partial charge in [0.05, 0.1) is 4.88 Å². The first kappa shape index (κ1) is 18.5. The zero-order chi connectivity index (χ0) is 19.3. The number of aliphatic hydroxyl groups is 1. The molecule has 1 amide bonds. The third-order valence-electron chi connectivity index (χ3n) is 4.07. The lowest BCUT2D eigenvalue weighted by Gasteiger charge is -2.18. The van der Waals surface area contributed by atoms with Gasteiger partial charge in [-0.15, -0.1) is 22.7 Å². The summed E-state index contributed by atoms with van der Waals surface area (Å²) >= 11 is 2.75. The van der Waals surface area contributed by atoms with Crippen molar-refractivity contribution in [3.05, 3.63) is 64.2 Å². The fourth-order valence-electron chi connectivity index (χ4n) is 2.69. The summed E-state index contributed by atoms with van der Waals surface area (Å²) in [6, 6.07) is 15.2. The number of nitrogens with zero attached hydrogens (tertiary/aromatic N) is 3. The van der Waals surface area contributed by atoms with E-state index in [1.54, 1.807) is 11.0 Å². The fourth-order valence-corrected chi connectivity index (χ4v) is 4.20. The normalized spacial score (nSPS) is 10.9. The van der Waals surface area contributed by atoms with Crippen LogP contribution in [0, 0.1) is 0 Å². The molecule has 1 N–H and O–H groups in total. The SMILES string of the molecule is O=C(c1cccs1)N(CCCO)c1nc(-c2cc(-c3ccccc3)no2)cs1. The zero-order valence-electron chi connectivity index (χ0n) is 14.8. The highest BCUT2D eigenvalue weighted by atomic mass is 32.1. The van der Waals surface area contributed by atoms with Gasteiger partial charge < -0.3 is 9.63 Å². The summed E-state index contributed by atoms with van der Waals surface area (Å²) in [4.78, 5) is 19.7. The van der Waals surface area contributed by atoms with Crippen molar-refractivity contribution in [2.75, 3.05) is 18.1 Å². The van der Waals surface area contributed by atoms with E-state index in [4.69, 9.17) is 4.52 Å². The summed E-state index contributed by atoms with van der Waals surface area (Å²) in [5.41, 5.74) is 2.32. The van der Waals surface area contributed by atoms with E-state index in [-0.39, 0.29) is 12.5 Å². The summed E-state index contributed by atoms with van der Waals surface area (Å²) in [7, 11) is 0. The van der Waals surface area contributed by atoms with Crippen LogP contribution in [0.4, 0.5) is 5.13 Å². The molecule has 0 aliphatic carbocycles. The van der Waals surface area contributed by atoms with Gasteiger partial charge in [0.2, 0.25) is 0 Å². The predicted octanol–water partition coefficient (Wildman–Crippen LogP) is 4.56. The van der Waals surface area contributed by atoms with Crippen LogP contribution in [0.15, 0.2) is 63.8 Å². The molecule has 0 aliphatic rings. The second-order valence-corrected chi connectivity index (χ2v) is 7.75. The molecule has 0 spiro atoms. The van der Waals surface area contributed by atoms with Crippen LogP contribution in [-0.4, -0.2) is 34.3 Å². The molecule has 3 heterocycles. The Morgan fingerprint density at radius 1 is 1.11 bits per heavy atom. The van der Waals surface area contributed by atoms with Gasteiger partial charge in [0.15, 0.2) is 10.9 Å². The third-order valence-corrected chi connectivity index (χ3v) is 5.79. The third kappa shape index (κ3) is 3.89. The Morgan fingerprint density at radius 3 is 2.71 bits per heavy atom. The Kier molecular flexibility index (Phi) is 5.61. The van der Waals surface area contributed by atoms with Gasteiger partial charge in [-0.25, -0.2) is 4.98 Å². The van der Waals surface area contributed by atoms with Crippen molar-refractivity contribution in [3.63, 3.8) is 0 Å². The van der Waals surface area contributed by atoms with E-state index in [9.17, 15) is 9.90 Å². The standard InChI is InChI=1S/C20H17N3O3S2/c24-10-5-9-23(19(25)18-8-4-11-27-18)20-21-16(13-28-20)17-12-15(22-26-17)14-6-2-1-3-7-14/h1-4,6-8,11-13,24H,5,9-10H2. The largest absolute Gasteiger partial charge is 0.396 e. The molecule has 4 rings (SSSR count). The molecule has 0 radical (unpaired) electrons. The molecule has 142 valence electrons. The second-order valence-electron chi connectivity index (χ2n) is 5.97. The molecule has 6 nitrogen and oxygen atoms in total. The lowest BCUT2D eigenvalue weighted by atomic mass is 10.1. The van der Waals surface area contributed by atoms with Gasteiger partial charge in [-0.3, -0.25) is 9.69 Å². The van der Waals surface area contributed by atoms with Crippen LogP contribution in [0.1, 0.15) is 16.1 Å². The number of anilines is 1. The van der Waals surface area contributed by atoms with E-state index in [1.807, 2.05) is 53.2 Å². The molecular formula is C20H17N3O3S2. The number of thiazole rings is 1. The molecule has 4 aromatic rings. The molecule has 0 aliphatic heterocycles. The molecule has 0 atom stereocenters. The van der Waals surface area contributed by atoms with Crippen LogP contribution in [-0.2, 0) is 0 Å². The highest BCUT2D eigenvalue weighted by Crippen LogP contribution is 2.31. The van der Waals surface area contributed by atoms with Crippen LogP contribution >= 0.6 is 22.7 Å². The molecular weight excluding hydrogens is 394 g/mol. The molecule has 8 heteroatoms. The smallest absolute Gasteiger partial charge is 0.270 e. The van der Waals surface area contributed by atoms with Gasteiger partial charge in [0.25, 0.3) is 5.91 Å². The van der Waals surface area contributed by atoms with E-state index in [0.717, 1.165) is 11.3 Å². The molecule has 0 unspecified atom stereocenters. The summed E-state index contributed by atoms with van der Waals surface area (Å²) in [6.45, 7) is 0.404. The number of thiophene rings is 1. The summed E-state index contributed by atoms with van der Waals surface area (Å²) in [5.74, 6) is 0.430. The van der Waals surface area contributed by atoms with Gasteiger partial charge in [-0.2, -0.15) is 0 Å². The maximum absolute atomic E-state index is 12.8. The van der Waals surface area contributed by atoms with E-state index >= 15 is 0 Å². The van der Waals surface area contributed by atoms with Crippen molar-refractivity contribution in [2.24, 2.45) is 0 Å². The number of carbonyl (C=O) groups is 1. The topological polar surface area (TPSA) is 79.5 Å². The Bertz CT molecular complexity index is 1040. The van der Waals surface area contributed by atoms with Crippen molar-refractivity contribution >= 4 is 33.7 Å². The van der Waals surface area contributed by atoms with E-state index in [2.05, 4.69) is 10.1 Å². The predicted molar refractivity (Wildman–Crippen MR) is 111 cm³/mol. The van der Waals surface area contributed by atoms with Gasteiger partial charge in [0, 0.05) is 30.2 Å². The van der Waals surface area contributed by atoms with Gasteiger partial charge in [-0.1, -0.05) is 41.6 Å². The van der Waals surface area contributed by atoms with Crippen LogP contribution < -0.4 is 4.90 Å². The van der Waals surface area contributed by atoms with Crippen LogP contribution in [0.5, 0.6) is 0 Å². The van der Waals surface area contributed by atoms with E-state index < -0.39 is 0 Å². The first-order valence-corrected chi connectivity index (χ1v) is 10.5. The summed E-state index contributed by atoms with van der Waals surface area (Å²) < 4.78 is 5.46. The summed E-state index contributed by atoms with van der Waals surface area (Å²) in [5, 5.41) is 17.6. The Labute approximate surface area is 169 Å². The van der Waals surface area contributed by atoms with Crippen LogP contribution in [0.2, 0.25) is 0 Å². The van der Waals surface area contributed by atoms with Crippen LogP contribution in [0.25, 0.3) is 22.7 Å². The highest BCUT2D eigenvalue weighted by molar-refractivity contribution is 7.14. The number of hydrogen-bond acceptors (Lipinski definition) is 7. The number of aliphatic hydroxyl groups excluding tert-OH is 1. The zero-order valence-corrected chi connectivity index (χ0v) is 16.4. The Balaban J connectivity index is 1.60. The number of hydrogen-bond donors (Lipinski definition) is 1. The number of amides is 1. The van der Waals surface area contributed by atoms with Gasteiger partial charge >= 0.3 is 0 Å². The number of rotatable bonds is 7. The number of benzene rings is 1. The quantitative estimate of drug-likeness (QED) is 0.482. The first-order chi connectivity index (χ1) is 13.8. The molecule has 0 fully saturated rings. The monoisotopic (exact) mass is 411 g/mol. The molecule has 3 aromatic heterocycles. The second kappa shape index (κ2) is 8.47. The average Bonchev–Trinajstić information content (AvgIpc) is 3.50. The van der Waals surface area contributed by atoms with Crippen molar-refractivity contribution in [1.82, 2.24) is 10.1 Å². The molecule has 28 heavy (non-hydrogen) atoms. The summed E-state index contributed by atoms with van der Waals surface area (Å²) in [6.07, 6.45) is 0.479. The van der Waals surface area contributed by atoms with Crippen molar-refractivity contribution in [2.45, 2.75) is 6.42 Å². The van der Waals surface area contributed by atoms with E-state index in [0.29, 0.717) is 34.4 Å². The molecule has 0 bridgehead atoms. The Hall–Kier alpha value is -2.81. The van der Waals surface area contributed by atoms with Crippen LogP contribution in [0.3, 0.4) is 0 Å². The lowest BCUT2D eigenvalue weighted by molar-refractivity contribution is 0.0989. The number of aromatic nitrogens is 2. The van der Waals surface area contributed by atoms with Crippen molar-refractivity contribution < 1.29 is 14.4 Å². The molecule has 1 aromatic carbocycles. The average molecular weight is 412 g/mol. The lowest BCUT2D eigenvalue weighted by Crippen LogP contribution is -2.31. The molecule has 0 saturated carbocycles. The molecule has 0 saturated heterocycles. The van der Waals surface area contributed by atoms with Crippen molar-refractivity contribution in [1.29, 1.82) is 0 Å². The number of carbonyl (C=O) groups excluding carboxylic acids is 1. The highest BCUT2D eigenvalue weighted by Gasteiger charge is 2.22. The maximum atomic E-state index is 12.8. The minimum Gasteiger partial charge on any atom is -0.396 e.